The molecule has 5 aromatic rings. The molecule has 8 nitrogen and oxygen atoms in total. The third kappa shape index (κ3) is 4.71. The largest absolute Gasteiger partial charge is 0.384 e. The van der Waals surface area contributed by atoms with Crippen LogP contribution >= 0.6 is 0 Å². The summed E-state index contributed by atoms with van der Waals surface area (Å²) in [5.74, 6) is -0.282. The molecule has 0 amide bonds. The highest BCUT2D eigenvalue weighted by Gasteiger charge is 2.16. The Morgan fingerprint density at radius 1 is 1.05 bits per heavy atom. The van der Waals surface area contributed by atoms with E-state index in [1.54, 1.807) is 12.3 Å². The first kappa shape index (κ1) is 23.3. The fourth-order valence-electron chi connectivity index (χ4n) is 4.85. The number of aromatic amines is 2. The molecule has 9 heteroatoms. The number of fused-ring (bicyclic) bond motifs is 2. The van der Waals surface area contributed by atoms with Crippen molar-refractivity contribution in [2.24, 2.45) is 0 Å². The molecule has 6 rings (SSSR count). The Labute approximate surface area is 214 Å². The number of hydrogen-bond donors (Lipinski definition) is 4. The van der Waals surface area contributed by atoms with E-state index in [2.05, 4.69) is 52.8 Å². The highest BCUT2D eigenvalue weighted by atomic mass is 19.1. The topological polar surface area (TPSA) is 97.5 Å². The van der Waals surface area contributed by atoms with Crippen molar-refractivity contribution in [3.05, 3.63) is 66.2 Å². The summed E-state index contributed by atoms with van der Waals surface area (Å²) < 4.78 is 14.6. The molecule has 0 atom stereocenters. The summed E-state index contributed by atoms with van der Waals surface area (Å²) in [6.07, 6.45) is 6.83. The second-order valence-electron chi connectivity index (χ2n) is 9.64. The van der Waals surface area contributed by atoms with Gasteiger partial charge in [-0.2, -0.15) is 5.10 Å². The molecule has 1 aliphatic heterocycles. The smallest absolute Gasteiger partial charge is 0.181 e. The van der Waals surface area contributed by atoms with Crippen molar-refractivity contribution in [1.29, 1.82) is 0 Å². The molecule has 4 aromatic heterocycles. The van der Waals surface area contributed by atoms with E-state index in [0.29, 0.717) is 5.65 Å². The molecule has 0 radical (unpaired) electrons. The Hall–Kier alpha value is -4.08. The van der Waals surface area contributed by atoms with E-state index >= 15 is 0 Å². The molecule has 188 valence electrons. The Bertz CT molecular complexity index is 1610. The number of pyridine rings is 2. The normalized spacial score (nSPS) is 14.0. The summed E-state index contributed by atoms with van der Waals surface area (Å²) in [6.45, 7) is 3.42. The molecular weight excluding hydrogens is 467 g/mol. The molecule has 0 fully saturated rings. The maximum absolute atomic E-state index is 14.6. The van der Waals surface area contributed by atoms with Crippen LogP contribution in [0.1, 0.15) is 12.0 Å². The molecule has 0 unspecified atom stereocenters. The monoisotopic (exact) mass is 496 g/mol. The summed E-state index contributed by atoms with van der Waals surface area (Å²) in [5, 5.41) is 16.1. The number of halogens is 1. The number of nitrogens with one attached hydrogen (secondary N) is 4. The molecule has 4 N–H and O–H groups in total. The Morgan fingerprint density at radius 3 is 2.81 bits per heavy atom. The minimum Gasteiger partial charge on any atom is -0.384 e. The number of H-pyrrole nitrogens is 2. The summed E-state index contributed by atoms with van der Waals surface area (Å²) >= 11 is 0. The van der Waals surface area contributed by atoms with Gasteiger partial charge in [-0.3, -0.25) is 5.10 Å². The van der Waals surface area contributed by atoms with Gasteiger partial charge in [-0.05, 0) is 85.7 Å². The number of hydrogen-bond acceptors (Lipinski definition) is 6. The van der Waals surface area contributed by atoms with E-state index in [-0.39, 0.29) is 5.82 Å². The minimum absolute atomic E-state index is 0.282. The molecule has 1 aromatic carbocycles. The Balaban J connectivity index is 1.39. The van der Waals surface area contributed by atoms with Gasteiger partial charge in [0.15, 0.2) is 5.65 Å². The van der Waals surface area contributed by atoms with Crippen molar-refractivity contribution in [3.63, 3.8) is 0 Å². The lowest BCUT2D eigenvalue weighted by molar-refractivity contribution is 0.425. The van der Waals surface area contributed by atoms with Crippen LogP contribution in [0.2, 0.25) is 0 Å². The van der Waals surface area contributed by atoms with E-state index in [0.717, 1.165) is 82.8 Å². The van der Waals surface area contributed by atoms with Gasteiger partial charge in [0.05, 0.1) is 11.4 Å². The molecule has 0 saturated heterocycles. The molecule has 1 aliphatic rings. The Kier molecular flexibility index (Phi) is 6.15. The van der Waals surface area contributed by atoms with Crippen LogP contribution in [0, 0.1) is 5.82 Å². The van der Waals surface area contributed by atoms with Crippen molar-refractivity contribution >= 4 is 33.3 Å². The van der Waals surface area contributed by atoms with Gasteiger partial charge in [0.25, 0.3) is 0 Å². The third-order valence-corrected chi connectivity index (χ3v) is 6.74. The standard InChI is InChI=1S/C28H29FN8/c1-37(2)10-9-31-21-12-18(11-20(29)14-21)22-5-8-32-27-23(22)15-25(34-27)26-24-13-19(16-33-28(24)36-35-26)17-3-6-30-7-4-17/h3,5,8,11-16,30-31H,4,6-7,9-10H2,1-2H3,(H,32,34)(H,33,35,36). The van der Waals surface area contributed by atoms with Crippen LogP contribution in [0.5, 0.6) is 0 Å². The van der Waals surface area contributed by atoms with Gasteiger partial charge < -0.3 is 20.5 Å². The lowest BCUT2D eigenvalue weighted by Crippen LogP contribution is -2.20. The fourth-order valence-corrected chi connectivity index (χ4v) is 4.85. The number of anilines is 1. The lowest BCUT2D eigenvalue weighted by atomic mass is 10.0. The van der Waals surface area contributed by atoms with Crippen LogP contribution in [-0.2, 0) is 0 Å². The second-order valence-corrected chi connectivity index (χ2v) is 9.64. The number of nitrogens with zero attached hydrogens (tertiary/aromatic N) is 4. The van der Waals surface area contributed by atoms with Crippen LogP contribution in [-0.4, -0.2) is 70.3 Å². The molecule has 0 bridgehead atoms. The summed E-state index contributed by atoms with van der Waals surface area (Å²) in [5.41, 5.74) is 7.97. The van der Waals surface area contributed by atoms with Crippen molar-refractivity contribution in [2.45, 2.75) is 6.42 Å². The zero-order chi connectivity index (χ0) is 25.4. The van der Waals surface area contributed by atoms with Crippen molar-refractivity contribution in [2.75, 3.05) is 45.6 Å². The van der Waals surface area contributed by atoms with E-state index < -0.39 is 0 Å². The quantitative estimate of drug-likeness (QED) is 0.262. The van der Waals surface area contributed by atoms with Crippen LogP contribution in [0.15, 0.2) is 54.9 Å². The maximum atomic E-state index is 14.6. The summed E-state index contributed by atoms with van der Waals surface area (Å²) in [6, 6.07) is 11.2. The second kappa shape index (κ2) is 9.76. The first-order chi connectivity index (χ1) is 18.0. The molecule has 37 heavy (non-hydrogen) atoms. The molecule has 0 spiro atoms. The van der Waals surface area contributed by atoms with Gasteiger partial charge in [-0.1, -0.05) is 6.08 Å². The van der Waals surface area contributed by atoms with E-state index in [4.69, 9.17) is 0 Å². The SMILES string of the molecule is CN(C)CCNc1cc(F)cc(-c2ccnc3[nH]c(-c4[nH]nc5ncc(C6=CCNCC6)cc45)cc23)c1. The highest BCUT2D eigenvalue weighted by Crippen LogP contribution is 2.35. The van der Waals surface area contributed by atoms with Crippen LogP contribution in [0.25, 0.3) is 50.2 Å². The molecule has 0 aliphatic carbocycles. The molecular formula is C28H29FN8. The van der Waals surface area contributed by atoms with E-state index in [1.165, 1.54) is 11.6 Å². The van der Waals surface area contributed by atoms with Gasteiger partial charge in [-0.15, -0.1) is 0 Å². The van der Waals surface area contributed by atoms with Gasteiger partial charge in [0.1, 0.15) is 11.5 Å². The van der Waals surface area contributed by atoms with Gasteiger partial charge in [-0.25, -0.2) is 14.4 Å². The van der Waals surface area contributed by atoms with Crippen molar-refractivity contribution in [1.82, 2.24) is 35.4 Å². The highest BCUT2D eigenvalue weighted by molar-refractivity contribution is 5.99. The lowest BCUT2D eigenvalue weighted by Gasteiger charge is -2.13. The van der Waals surface area contributed by atoms with Crippen LogP contribution in [0.3, 0.4) is 0 Å². The predicted molar refractivity (Wildman–Crippen MR) is 147 cm³/mol. The first-order valence-electron chi connectivity index (χ1n) is 12.5. The summed E-state index contributed by atoms with van der Waals surface area (Å²) in [7, 11) is 4.03. The van der Waals surface area contributed by atoms with E-state index in [9.17, 15) is 4.39 Å². The number of benzene rings is 1. The zero-order valence-corrected chi connectivity index (χ0v) is 20.9. The molecule has 5 heterocycles. The summed E-state index contributed by atoms with van der Waals surface area (Å²) in [4.78, 5) is 14.6. The zero-order valence-electron chi connectivity index (χ0n) is 20.9. The van der Waals surface area contributed by atoms with Crippen molar-refractivity contribution in [3.8, 4) is 22.5 Å². The predicted octanol–water partition coefficient (Wildman–Crippen LogP) is 4.66. The van der Waals surface area contributed by atoms with Crippen LogP contribution < -0.4 is 10.6 Å². The number of likely N-dealkylation sites (N-methyl/N-ethyl adjacent to an activating group) is 1. The number of rotatable bonds is 7. The first-order valence-corrected chi connectivity index (χ1v) is 12.5. The molecule has 0 saturated carbocycles. The number of aromatic nitrogens is 5. The average Bonchev–Trinajstić information content (AvgIpc) is 3.52. The van der Waals surface area contributed by atoms with E-state index in [1.807, 2.05) is 38.5 Å². The third-order valence-electron chi connectivity index (χ3n) is 6.74. The van der Waals surface area contributed by atoms with Gasteiger partial charge >= 0.3 is 0 Å². The average molecular weight is 497 g/mol. The maximum Gasteiger partial charge on any atom is 0.181 e. The minimum atomic E-state index is -0.282. The Morgan fingerprint density at radius 2 is 1.97 bits per heavy atom. The van der Waals surface area contributed by atoms with Gasteiger partial charge in [0.2, 0.25) is 0 Å². The van der Waals surface area contributed by atoms with Crippen LogP contribution in [0.4, 0.5) is 10.1 Å². The van der Waals surface area contributed by atoms with Gasteiger partial charge in [0, 0.05) is 48.5 Å². The van der Waals surface area contributed by atoms with Crippen molar-refractivity contribution < 1.29 is 4.39 Å². The fraction of sp³-hybridized carbons (Fsp3) is 0.250.